The highest BCUT2D eigenvalue weighted by molar-refractivity contribution is 6.29. The lowest BCUT2D eigenvalue weighted by Crippen LogP contribution is -2.28. The largest absolute Gasteiger partial charge is 0.396 e. The van der Waals surface area contributed by atoms with E-state index in [1.807, 2.05) is 6.92 Å². The second-order valence-corrected chi connectivity index (χ2v) is 4.99. The Morgan fingerprint density at radius 2 is 2.15 bits per heavy atom. The van der Waals surface area contributed by atoms with Crippen molar-refractivity contribution in [2.45, 2.75) is 26.2 Å². The van der Waals surface area contributed by atoms with Gasteiger partial charge in [0.1, 0.15) is 11.0 Å². The van der Waals surface area contributed by atoms with Gasteiger partial charge in [-0.2, -0.15) is 0 Å². The molecular weight excluding hydrogens is 278 g/mol. The Hall–Kier alpha value is -1.33. The van der Waals surface area contributed by atoms with Gasteiger partial charge < -0.3 is 15.3 Å². The second-order valence-electron chi connectivity index (χ2n) is 4.61. The van der Waals surface area contributed by atoms with E-state index in [2.05, 4.69) is 10.3 Å². The molecule has 20 heavy (non-hydrogen) atoms. The first-order valence-corrected chi connectivity index (χ1v) is 7.24. The normalized spacial score (nSPS) is 10.4. The topological polar surface area (TPSA) is 65.5 Å². The first kappa shape index (κ1) is 16.7. The molecule has 0 spiro atoms. The van der Waals surface area contributed by atoms with Crippen LogP contribution in [0.4, 0.5) is 5.82 Å². The average molecular weight is 300 g/mol. The highest BCUT2D eigenvalue weighted by Crippen LogP contribution is 2.16. The molecule has 0 fully saturated rings. The molecule has 0 aromatic carbocycles. The van der Waals surface area contributed by atoms with Crippen LogP contribution in [-0.4, -0.2) is 47.6 Å². The number of hydrogen-bond donors (Lipinski definition) is 2. The Kier molecular flexibility index (Phi) is 7.33. The Labute approximate surface area is 125 Å². The summed E-state index contributed by atoms with van der Waals surface area (Å²) in [6.07, 6.45) is 2.56. The van der Waals surface area contributed by atoms with Crippen LogP contribution in [0.3, 0.4) is 0 Å². The summed E-state index contributed by atoms with van der Waals surface area (Å²) in [6.45, 7) is 3.54. The van der Waals surface area contributed by atoms with Crippen molar-refractivity contribution in [2.24, 2.45) is 0 Å². The number of rotatable bonds is 8. The lowest BCUT2D eigenvalue weighted by Gasteiger charge is -2.17. The molecule has 1 aromatic heterocycles. The van der Waals surface area contributed by atoms with E-state index in [1.54, 1.807) is 24.1 Å². The molecule has 0 atom stereocenters. The maximum absolute atomic E-state index is 12.3. The Balaban J connectivity index is 2.65. The van der Waals surface area contributed by atoms with Gasteiger partial charge in [0.25, 0.3) is 5.91 Å². The van der Waals surface area contributed by atoms with Gasteiger partial charge >= 0.3 is 0 Å². The molecule has 0 aliphatic heterocycles. The fraction of sp³-hybridized carbons (Fsp3) is 0.571. The number of amides is 1. The van der Waals surface area contributed by atoms with Crippen LogP contribution in [-0.2, 0) is 0 Å². The molecule has 0 radical (unpaired) electrons. The van der Waals surface area contributed by atoms with Crippen molar-refractivity contribution in [1.82, 2.24) is 9.88 Å². The molecular formula is C14H22ClN3O2. The summed E-state index contributed by atoms with van der Waals surface area (Å²) >= 11 is 5.93. The Morgan fingerprint density at radius 1 is 1.40 bits per heavy atom. The standard InChI is InChI=1S/C14H22ClN3O2/c1-3-16-13-10-11(9-12(15)17-13)14(20)18(2)7-5-4-6-8-19/h9-10,19H,3-8H2,1-2H3,(H,16,17). The minimum atomic E-state index is -0.0718. The summed E-state index contributed by atoms with van der Waals surface area (Å²) in [6, 6.07) is 3.29. The zero-order valence-electron chi connectivity index (χ0n) is 12.0. The maximum atomic E-state index is 12.3. The van der Waals surface area contributed by atoms with Crippen LogP contribution in [0, 0.1) is 0 Å². The Morgan fingerprint density at radius 3 is 2.80 bits per heavy atom. The molecule has 112 valence electrons. The number of halogens is 1. The number of pyridine rings is 1. The van der Waals surface area contributed by atoms with Crippen LogP contribution in [0.5, 0.6) is 0 Å². The summed E-state index contributed by atoms with van der Waals surface area (Å²) in [7, 11) is 1.77. The van der Waals surface area contributed by atoms with E-state index < -0.39 is 0 Å². The molecule has 0 saturated heterocycles. The monoisotopic (exact) mass is 299 g/mol. The number of carbonyl (C=O) groups excluding carboxylic acids is 1. The van der Waals surface area contributed by atoms with Gasteiger partial charge in [-0.25, -0.2) is 4.98 Å². The highest BCUT2D eigenvalue weighted by Gasteiger charge is 2.13. The molecule has 0 aliphatic rings. The summed E-state index contributed by atoms with van der Waals surface area (Å²) in [5, 5.41) is 12.1. The number of aliphatic hydroxyl groups is 1. The number of nitrogens with one attached hydrogen (secondary N) is 1. The van der Waals surface area contributed by atoms with Crippen molar-refractivity contribution in [3.63, 3.8) is 0 Å². The van der Waals surface area contributed by atoms with E-state index in [1.165, 1.54) is 0 Å². The zero-order chi connectivity index (χ0) is 15.0. The third-order valence-electron chi connectivity index (χ3n) is 2.90. The van der Waals surface area contributed by atoms with Crippen molar-refractivity contribution in [3.05, 3.63) is 22.8 Å². The van der Waals surface area contributed by atoms with E-state index in [9.17, 15) is 4.79 Å². The molecule has 0 unspecified atom stereocenters. The summed E-state index contributed by atoms with van der Waals surface area (Å²) in [5.41, 5.74) is 0.533. The van der Waals surface area contributed by atoms with Gasteiger partial charge in [-0.05, 0) is 38.3 Å². The van der Waals surface area contributed by atoms with Crippen LogP contribution in [0.15, 0.2) is 12.1 Å². The van der Waals surface area contributed by atoms with Gasteiger partial charge in [0, 0.05) is 32.3 Å². The molecule has 1 amide bonds. The van der Waals surface area contributed by atoms with E-state index in [0.717, 1.165) is 25.8 Å². The van der Waals surface area contributed by atoms with Crippen LogP contribution in [0.2, 0.25) is 5.15 Å². The molecule has 6 heteroatoms. The van der Waals surface area contributed by atoms with Crippen molar-refractivity contribution < 1.29 is 9.90 Å². The molecule has 1 aromatic rings. The van der Waals surface area contributed by atoms with Gasteiger partial charge in [-0.15, -0.1) is 0 Å². The minimum Gasteiger partial charge on any atom is -0.396 e. The second kappa shape index (κ2) is 8.76. The lowest BCUT2D eigenvalue weighted by molar-refractivity contribution is 0.0792. The number of anilines is 1. The van der Waals surface area contributed by atoms with Gasteiger partial charge in [0.15, 0.2) is 0 Å². The van der Waals surface area contributed by atoms with Gasteiger partial charge in [0.05, 0.1) is 0 Å². The van der Waals surface area contributed by atoms with Crippen molar-refractivity contribution >= 4 is 23.3 Å². The van der Waals surface area contributed by atoms with Crippen molar-refractivity contribution in [3.8, 4) is 0 Å². The fourth-order valence-electron chi connectivity index (χ4n) is 1.85. The fourth-order valence-corrected chi connectivity index (χ4v) is 2.06. The quantitative estimate of drug-likeness (QED) is 0.571. The van der Waals surface area contributed by atoms with Crippen molar-refractivity contribution in [2.75, 3.05) is 32.1 Å². The summed E-state index contributed by atoms with van der Waals surface area (Å²) < 4.78 is 0. The van der Waals surface area contributed by atoms with E-state index in [4.69, 9.17) is 16.7 Å². The average Bonchev–Trinajstić information content (AvgIpc) is 2.42. The molecule has 1 rings (SSSR count). The number of aliphatic hydroxyl groups excluding tert-OH is 1. The van der Waals surface area contributed by atoms with E-state index in [-0.39, 0.29) is 12.5 Å². The molecule has 0 aliphatic carbocycles. The minimum absolute atomic E-state index is 0.0718. The first-order chi connectivity index (χ1) is 9.58. The number of unbranched alkanes of at least 4 members (excludes halogenated alkanes) is 2. The predicted octanol–water partition coefficient (Wildman–Crippen LogP) is 2.40. The number of nitrogens with zero attached hydrogens (tertiary/aromatic N) is 2. The number of aromatic nitrogens is 1. The van der Waals surface area contributed by atoms with E-state index >= 15 is 0 Å². The van der Waals surface area contributed by atoms with Crippen LogP contribution in [0.25, 0.3) is 0 Å². The first-order valence-electron chi connectivity index (χ1n) is 6.86. The third kappa shape index (κ3) is 5.35. The summed E-state index contributed by atoms with van der Waals surface area (Å²) in [4.78, 5) is 18.1. The predicted molar refractivity (Wildman–Crippen MR) is 81.3 cm³/mol. The van der Waals surface area contributed by atoms with Crippen LogP contribution in [0.1, 0.15) is 36.5 Å². The third-order valence-corrected chi connectivity index (χ3v) is 3.09. The molecule has 1 heterocycles. The SMILES string of the molecule is CCNc1cc(C(=O)N(C)CCCCCO)cc(Cl)n1. The molecule has 5 nitrogen and oxygen atoms in total. The molecule has 2 N–H and O–H groups in total. The summed E-state index contributed by atoms with van der Waals surface area (Å²) in [5.74, 6) is 0.537. The maximum Gasteiger partial charge on any atom is 0.253 e. The van der Waals surface area contributed by atoms with Gasteiger partial charge in [0.2, 0.25) is 0 Å². The van der Waals surface area contributed by atoms with E-state index in [0.29, 0.717) is 23.1 Å². The zero-order valence-corrected chi connectivity index (χ0v) is 12.8. The van der Waals surface area contributed by atoms with Crippen LogP contribution < -0.4 is 5.32 Å². The Bertz CT molecular complexity index is 440. The van der Waals surface area contributed by atoms with Gasteiger partial charge in [-0.3, -0.25) is 4.79 Å². The van der Waals surface area contributed by atoms with Crippen LogP contribution >= 0.6 is 11.6 Å². The number of hydrogen-bond acceptors (Lipinski definition) is 4. The smallest absolute Gasteiger partial charge is 0.253 e. The molecule has 0 saturated carbocycles. The molecule has 0 bridgehead atoms. The van der Waals surface area contributed by atoms with Gasteiger partial charge in [-0.1, -0.05) is 11.6 Å². The highest BCUT2D eigenvalue weighted by atomic mass is 35.5. The van der Waals surface area contributed by atoms with Crippen molar-refractivity contribution in [1.29, 1.82) is 0 Å². The number of carbonyl (C=O) groups is 1. The lowest BCUT2D eigenvalue weighted by atomic mass is 10.2.